The Bertz CT molecular complexity index is 949. The minimum absolute atomic E-state index is 0.183. The van der Waals surface area contributed by atoms with E-state index in [1.54, 1.807) is 28.5 Å². The molecule has 0 bridgehead atoms. The van der Waals surface area contributed by atoms with Crippen molar-refractivity contribution in [3.63, 3.8) is 0 Å². The van der Waals surface area contributed by atoms with Crippen LogP contribution >= 0.6 is 11.3 Å². The van der Waals surface area contributed by atoms with Crippen LogP contribution in [0.15, 0.2) is 34.4 Å². The Hall–Kier alpha value is -2.58. The van der Waals surface area contributed by atoms with Crippen LogP contribution in [0.1, 0.15) is 28.2 Å². The number of hydrogen-bond donors (Lipinski definition) is 2. The molecule has 1 aromatic carbocycles. The van der Waals surface area contributed by atoms with Gasteiger partial charge >= 0.3 is 0 Å². The molecular weight excluding hydrogens is 338 g/mol. The number of nitrogens with one attached hydrogen (secondary N) is 1. The van der Waals surface area contributed by atoms with Crippen molar-refractivity contribution < 1.29 is 4.79 Å². The molecule has 0 aliphatic carbocycles. The molecular formula is C17H19N5O2S. The van der Waals surface area contributed by atoms with Crippen molar-refractivity contribution in [2.45, 2.75) is 19.9 Å². The summed E-state index contributed by atoms with van der Waals surface area (Å²) in [7, 11) is 0. The zero-order valence-electron chi connectivity index (χ0n) is 13.9. The summed E-state index contributed by atoms with van der Waals surface area (Å²) in [5, 5.41) is 3.12. The van der Waals surface area contributed by atoms with E-state index in [0.29, 0.717) is 41.9 Å². The molecule has 130 valence electrons. The quantitative estimate of drug-likeness (QED) is 0.696. The molecule has 0 fully saturated rings. The van der Waals surface area contributed by atoms with Gasteiger partial charge in [-0.3, -0.25) is 9.59 Å². The Morgan fingerprint density at radius 1 is 1.32 bits per heavy atom. The molecule has 25 heavy (non-hydrogen) atoms. The number of fused-ring (bicyclic) bond motifs is 1. The predicted octanol–water partition coefficient (Wildman–Crippen LogP) is 1.54. The molecule has 0 atom stereocenters. The molecule has 0 unspecified atom stereocenters. The summed E-state index contributed by atoms with van der Waals surface area (Å²) in [5.74, 6) is 0.272. The van der Waals surface area contributed by atoms with E-state index in [0.717, 1.165) is 5.01 Å². The zero-order chi connectivity index (χ0) is 17.8. The molecule has 0 saturated heterocycles. The summed E-state index contributed by atoms with van der Waals surface area (Å²) < 4.78 is 0. The highest BCUT2D eigenvalue weighted by atomic mass is 32.1. The third-order valence-electron chi connectivity index (χ3n) is 3.80. The fourth-order valence-corrected chi connectivity index (χ4v) is 3.32. The van der Waals surface area contributed by atoms with E-state index >= 15 is 0 Å². The highest BCUT2D eigenvalue weighted by molar-refractivity contribution is 7.09. The van der Waals surface area contributed by atoms with Crippen molar-refractivity contribution in [2.75, 3.05) is 13.1 Å². The molecule has 3 N–H and O–H groups in total. The van der Waals surface area contributed by atoms with Gasteiger partial charge in [-0.2, -0.15) is 0 Å². The van der Waals surface area contributed by atoms with Gasteiger partial charge in [0.2, 0.25) is 0 Å². The van der Waals surface area contributed by atoms with Crippen LogP contribution in [-0.2, 0) is 13.0 Å². The molecule has 0 aliphatic rings. The van der Waals surface area contributed by atoms with Gasteiger partial charge in [0.1, 0.15) is 11.5 Å². The molecule has 8 heteroatoms. The lowest BCUT2D eigenvalue weighted by Gasteiger charge is -2.19. The van der Waals surface area contributed by atoms with Crippen molar-refractivity contribution in [3.8, 4) is 0 Å². The number of aromatic nitrogens is 3. The van der Waals surface area contributed by atoms with Gasteiger partial charge in [-0.1, -0.05) is 12.1 Å². The summed E-state index contributed by atoms with van der Waals surface area (Å²) in [6.45, 7) is 3.09. The van der Waals surface area contributed by atoms with Gasteiger partial charge in [-0.15, -0.1) is 11.3 Å². The lowest BCUT2D eigenvalue weighted by atomic mass is 10.2. The number of H-pyrrole nitrogens is 1. The summed E-state index contributed by atoms with van der Waals surface area (Å²) in [6, 6.07) is 7.13. The van der Waals surface area contributed by atoms with Crippen LogP contribution in [0.5, 0.6) is 0 Å². The maximum atomic E-state index is 12.7. The number of benzene rings is 1. The molecule has 2 heterocycles. The van der Waals surface area contributed by atoms with E-state index < -0.39 is 0 Å². The van der Waals surface area contributed by atoms with Crippen molar-refractivity contribution >= 4 is 28.1 Å². The largest absolute Gasteiger partial charge is 0.330 e. The molecule has 0 spiro atoms. The van der Waals surface area contributed by atoms with Crippen LogP contribution in [0.3, 0.4) is 0 Å². The Labute approximate surface area is 148 Å². The number of aromatic amines is 1. The first-order valence-corrected chi connectivity index (χ1v) is 8.92. The van der Waals surface area contributed by atoms with Crippen LogP contribution in [0.4, 0.5) is 0 Å². The summed E-state index contributed by atoms with van der Waals surface area (Å²) in [5.41, 5.74) is 6.33. The number of hydrogen-bond acceptors (Lipinski definition) is 6. The van der Waals surface area contributed by atoms with Gasteiger partial charge < -0.3 is 15.6 Å². The van der Waals surface area contributed by atoms with E-state index in [4.69, 9.17) is 5.73 Å². The highest BCUT2D eigenvalue weighted by Crippen LogP contribution is 2.14. The van der Waals surface area contributed by atoms with Gasteiger partial charge in [-0.25, -0.2) is 9.97 Å². The van der Waals surface area contributed by atoms with Gasteiger partial charge in [0, 0.05) is 18.3 Å². The maximum absolute atomic E-state index is 12.7. The lowest BCUT2D eigenvalue weighted by molar-refractivity contribution is 0.0743. The molecule has 3 rings (SSSR count). The third kappa shape index (κ3) is 3.75. The predicted molar refractivity (Wildman–Crippen MR) is 97.7 cm³/mol. The summed E-state index contributed by atoms with van der Waals surface area (Å²) in [4.78, 5) is 38.0. The van der Waals surface area contributed by atoms with Crippen LogP contribution in [-0.4, -0.2) is 38.8 Å². The van der Waals surface area contributed by atoms with E-state index in [-0.39, 0.29) is 18.0 Å². The molecule has 0 radical (unpaired) electrons. The van der Waals surface area contributed by atoms with Crippen LogP contribution in [0.2, 0.25) is 0 Å². The number of nitrogens with zero attached hydrogens (tertiary/aromatic N) is 3. The van der Waals surface area contributed by atoms with Gasteiger partial charge in [0.15, 0.2) is 0 Å². The smallest absolute Gasteiger partial charge is 0.273 e. The Balaban J connectivity index is 1.84. The monoisotopic (exact) mass is 357 g/mol. The van der Waals surface area contributed by atoms with E-state index in [2.05, 4.69) is 15.0 Å². The fraction of sp³-hybridized carbons (Fsp3) is 0.294. The van der Waals surface area contributed by atoms with Crippen LogP contribution < -0.4 is 11.3 Å². The standard InChI is InChI=1S/C17H19N5O2S/c1-2-22(17(24)13-10-25-15(20-13)7-8-18)9-14-19-12-6-4-3-5-11(12)16(23)21-14/h3-6,10H,2,7-9,18H2,1H3,(H,19,21,23). The van der Waals surface area contributed by atoms with Crippen LogP contribution in [0, 0.1) is 0 Å². The molecule has 0 aliphatic heterocycles. The second-order valence-corrected chi connectivity index (χ2v) is 6.46. The van der Waals surface area contributed by atoms with Crippen LogP contribution in [0.25, 0.3) is 10.9 Å². The molecule has 2 aromatic heterocycles. The molecule has 7 nitrogen and oxygen atoms in total. The number of nitrogens with two attached hydrogens (primary N) is 1. The molecule has 3 aromatic rings. The lowest BCUT2D eigenvalue weighted by Crippen LogP contribution is -2.32. The summed E-state index contributed by atoms with van der Waals surface area (Å²) >= 11 is 1.43. The Kier molecular flexibility index (Phi) is 5.20. The minimum Gasteiger partial charge on any atom is -0.330 e. The number of rotatable bonds is 6. The first-order chi connectivity index (χ1) is 12.1. The number of amides is 1. The fourth-order valence-electron chi connectivity index (χ4n) is 2.53. The number of carbonyl (C=O) groups is 1. The van der Waals surface area contributed by atoms with Crippen molar-refractivity contribution in [1.29, 1.82) is 0 Å². The van der Waals surface area contributed by atoms with Gasteiger partial charge in [-0.05, 0) is 25.6 Å². The maximum Gasteiger partial charge on any atom is 0.273 e. The number of thiazole rings is 1. The number of para-hydroxylation sites is 1. The number of carbonyl (C=O) groups excluding carboxylic acids is 1. The van der Waals surface area contributed by atoms with Gasteiger partial charge in [0.05, 0.1) is 22.5 Å². The molecule has 1 amide bonds. The second kappa shape index (κ2) is 7.54. The normalized spacial score (nSPS) is 11.0. The van der Waals surface area contributed by atoms with E-state index in [1.165, 1.54) is 11.3 Å². The zero-order valence-corrected chi connectivity index (χ0v) is 14.7. The first-order valence-electron chi connectivity index (χ1n) is 8.04. The second-order valence-electron chi connectivity index (χ2n) is 5.51. The van der Waals surface area contributed by atoms with E-state index in [9.17, 15) is 9.59 Å². The van der Waals surface area contributed by atoms with Gasteiger partial charge in [0.25, 0.3) is 11.5 Å². The van der Waals surface area contributed by atoms with Crippen molar-refractivity contribution in [3.05, 3.63) is 56.5 Å². The van der Waals surface area contributed by atoms with E-state index in [1.807, 2.05) is 13.0 Å². The average Bonchev–Trinajstić information content (AvgIpc) is 3.08. The third-order valence-corrected chi connectivity index (χ3v) is 4.71. The summed E-state index contributed by atoms with van der Waals surface area (Å²) in [6.07, 6.45) is 0.656. The first kappa shape index (κ1) is 17.2. The SMILES string of the molecule is CCN(Cc1nc2ccccc2c(=O)[nH]1)C(=O)c1csc(CCN)n1. The van der Waals surface area contributed by atoms with Crippen molar-refractivity contribution in [1.82, 2.24) is 19.9 Å². The average molecular weight is 357 g/mol. The minimum atomic E-state index is -0.206. The van der Waals surface area contributed by atoms with Crippen molar-refractivity contribution in [2.24, 2.45) is 5.73 Å². The Morgan fingerprint density at radius 2 is 2.12 bits per heavy atom. The topological polar surface area (TPSA) is 105 Å². The Morgan fingerprint density at radius 3 is 2.88 bits per heavy atom. The molecule has 0 saturated carbocycles. The highest BCUT2D eigenvalue weighted by Gasteiger charge is 2.19.